The molecule has 3 rings (SSSR count). The number of allylic oxidation sites excluding steroid dienone is 2. The van der Waals surface area contributed by atoms with Crippen LogP contribution in [0.15, 0.2) is 12.2 Å². The van der Waals surface area contributed by atoms with Gasteiger partial charge in [0.05, 0.1) is 6.61 Å². The van der Waals surface area contributed by atoms with Gasteiger partial charge in [-0.05, 0) is 38.1 Å². The molecule has 2 aliphatic heterocycles. The summed E-state index contributed by atoms with van der Waals surface area (Å²) >= 11 is 0. The Morgan fingerprint density at radius 3 is 2.57 bits per heavy atom. The van der Waals surface area contributed by atoms with Crippen LogP contribution in [0.3, 0.4) is 0 Å². The SMILES string of the molecule is COCC1CN(C)CC12CCN(C(=O)C1CC=CC1)CC2. The summed E-state index contributed by atoms with van der Waals surface area (Å²) in [4.78, 5) is 17.1. The third kappa shape index (κ3) is 2.88. The molecular formula is C17H28N2O2. The van der Waals surface area contributed by atoms with Crippen molar-refractivity contribution >= 4 is 5.91 Å². The molecular weight excluding hydrogens is 264 g/mol. The fraction of sp³-hybridized carbons (Fsp3) is 0.824. The predicted molar refractivity (Wildman–Crippen MR) is 83.0 cm³/mol. The lowest BCUT2D eigenvalue weighted by Gasteiger charge is -2.43. The number of methoxy groups -OCH3 is 1. The molecule has 0 aromatic rings. The Hall–Kier alpha value is -0.870. The number of hydrogen-bond donors (Lipinski definition) is 0. The molecule has 21 heavy (non-hydrogen) atoms. The van der Waals surface area contributed by atoms with E-state index in [0.29, 0.717) is 17.2 Å². The van der Waals surface area contributed by atoms with Gasteiger partial charge in [-0.25, -0.2) is 0 Å². The van der Waals surface area contributed by atoms with E-state index in [4.69, 9.17) is 4.74 Å². The molecule has 0 saturated carbocycles. The van der Waals surface area contributed by atoms with Gasteiger partial charge >= 0.3 is 0 Å². The number of likely N-dealkylation sites (tertiary alicyclic amines) is 2. The number of nitrogens with zero attached hydrogens (tertiary/aromatic N) is 2. The standard InChI is InChI=1S/C17H28N2O2/c1-18-11-15(12-21-2)17(13-18)7-9-19(10-8-17)16(20)14-5-3-4-6-14/h3-4,14-15H,5-13H2,1-2H3. The molecule has 2 fully saturated rings. The van der Waals surface area contributed by atoms with Crippen molar-refractivity contribution in [2.24, 2.45) is 17.3 Å². The zero-order chi connectivity index (χ0) is 14.9. The molecule has 0 aromatic carbocycles. The van der Waals surface area contributed by atoms with Gasteiger partial charge in [0.2, 0.25) is 5.91 Å². The molecule has 0 aromatic heterocycles. The van der Waals surface area contributed by atoms with Crippen molar-refractivity contribution in [3.05, 3.63) is 12.2 Å². The van der Waals surface area contributed by atoms with Gasteiger partial charge in [-0.1, -0.05) is 12.2 Å². The first-order chi connectivity index (χ1) is 10.1. The maximum Gasteiger partial charge on any atom is 0.226 e. The Morgan fingerprint density at radius 2 is 1.95 bits per heavy atom. The first-order valence-electron chi connectivity index (χ1n) is 8.26. The van der Waals surface area contributed by atoms with Crippen molar-refractivity contribution in [1.82, 2.24) is 9.80 Å². The molecule has 0 bridgehead atoms. The fourth-order valence-corrected chi connectivity index (χ4v) is 4.55. The normalized spacial score (nSPS) is 29.6. The van der Waals surface area contributed by atoms with E-state index in [-0.39, 0.29) is 5.92 Å². The lowest BCUT2D eigenvalue weighted by molar-refractivity contribution is -0.138. The molecule has 1 spiro atoms. The van der Waals surface area contributed by atoms with Crippen molar-refractivity contribution in [1.29, 1.82) is 0 Å². The maximum atomic E-state index is 12.5. The summed E-state index contributed by atoms with van der Waals surface area (Å²) in [5.74, 6) is 1.22. The summed E-state index contributed by atoms with van der Waals surface area (Å²) in [5, 5.41) is 0. The monoisotopic (exact) mass is 292 g/mol. The van der Waals surface area contributed by atoms with Gasteiger partial charge in [-0.15, -0.1) is 0 Å². The quantitative estimate of drug-likeness (QED) is 0.743. The highest BCUT2D eigenvalue weighted by Gasteiger charge is 2.47. The van der Waals surface area contributed by atoms with E-state index >= 15 is 0 Å². The number of carbonyl (C=O) groups is 1. The lowest BCUT2D eigenvalue weighted by Crippen LogP contribution is -2.48. The Balaban J connectivity index is 1.60. The van der Waals surface area contributed by atoms with Crippen molar-refractivity contribution in [3.63, 3.8) is 0 Å². The summed E-state index contributed by atoms with van der Waals surface area (Å²) < 4.78 is 5.44. The Morgan fingerprint density at radius 1 is 1.29 bits per heavy atom. The van der Waals surface area contributed by atoms with Crippen LogP contribution < -0.4 is 0 Å². The largest absolute Gasteiger partial charge is 0.384 e. The van der Waals surface area contributed by atoms with Gasteiger partial charge in [0.25, 0.3) is 0 Å². The van der Waals surface area contributed by atoms with Gasteiger partial charge in [0.15, 0.2) is 0 Å². The topological polar surface area (TPSA) is 32.8 Å². The first kappa shape index (κ1) is 15.0. The van der Waals surface area contributed by atoms with Crippen LogP contribution in [0.2, 0.25) is 0 Å². The summed E-state index contributed by atoms with van der Waals surface area (Å²) in [7, 11) is 4.01. The van der Waals surface area contributed by atoms with Gasteiger partial charge in [0, 0.05) is 45.1 Å². The van der Waals surface area contributed by atoms with Crippen LogP contribution in [0.5, 0.6) is 0 Å². The third-order valence-corrected chi connectivity index (χ3v) is 5.78. The summed E-state index contributed by atoms with van der Waals surface area (Å²) in [6, 6.07) is 0. The van der Waals surface area contributed by atoms with Crippen LogP contribution in [-0.4, -0.2) is 62.7 Å². The molecule has 118 valence electrons. The summed E-state index contributed by atoms with van der Waals surface area (Å²) in [5.41, 5.74) is 0.371. The highest BCUT2D eigenvalue weighted by atomic mass is 16.5. The Kier molecular flexibility index (Phi) is 4.36. The number of carbonyl (C=O) groups excluding carboxylic acids is 1. The van der Waals surface area contributed by atoms with Crippen LogP contribution in [0.4, 0.5) is 0 Å². The van der Waals surface area contributed by atoms with Crippen LogP contribution in [0.25, 0.3) is 0 Å². The molecule has 1 unspecified atom stereocenters. The molecule has 1 atom stereocenters. The number of amides is 1. The van der Waals surface area contributed by atoms with Gasteiger partial charge < -0.3 is 14.5 Å². The molecule has 2 heterocycles. The number of piperidine rings is 1. The molecule has 2 saturated heterocycles. The highest BCUT2D eigenvalue weighted by Crippen LogP contribution is 2.44. The van der Waals surface area contributed by atoms with E-state index in [2.05, 4.69) is 29.0 Å². The van der Waals surface area contributed by atoms with Crippen molar-refractivity contribution in [3.8, 4) is 0 Å². The minimum Gasteiger partial charge on any atom is -0.384 e. The van der Waals surface area contributed by atoms with Crippen LogP contribution in [0, 0.1) is 17.3 Å². The second-order valence-electron chi connectivity index (χ2n) is 7.18. The number of rotatable bonds is 3. The Bertz CT molecular complexity index is 405. The van der Waals surface area contributed by atoms with E-state index in [1.807, 2.05) is 0 Å². The summed E-state index contributed by atoms with van der Waals surface area (Å²) in [6.45, 7) is 5.01. The van der Waals surface area contributed by atoms with Crippen LogP contribution in [0.1, 0.15) is 25.7 Å². The van der Waals surface area contributed by atoms with Crippen molar-refractivity contribution < 1.29 is 9.53 Å². The van der Waals surface area contributed by atoms with Crippen molar-refractivity contribution in [2.75, 3.05) is 46.9 Å². The number of ether oxygens (including phenoxy) is 1. The molecule has 1 amide bonds. The minimum atomic E-state index is 0.222. The summed E-state index contributed by atoms with van der Waals surface area (Å²) in [6.07, 6.45) is 8.45. The zero-order valence-corrected chi connectivity index (χ0v) is 13.4. The van der Waals surface area contributed by atoms with E-state index < -0.39 is 0 Å². The second-order valence-corrected chi connectivity index (χ2v) is 7.18. The Labute approximate surface area is 128 Å². The van der Waals surface area contributed by atoms with Gasteiger partial charge in [-0.3, -0.25) is 4.79 Å². The average molecular weight is 292 g/mol. The first-order valence-corrected chi connectivity index (χ1v) is 8.26. The van der Waals surface area contributed by atoms with E-state index in [1.54, 1.807) is 7.11 Å². The third-order valence-electron chi connectivity index (χ3n) is 5.78. The average Bonchev–Trinajstić information content (AvgIpc) is 3.09. The van der Waals surface area contributed by atoms with Crippen LogP contribution in [-0.2, 0) is 9.53 Å². The maximum absolute atomic E-state index is 12.5. The van der Waals surface area contributed by atoms with Crippen LogP contribution >= 0.6 is 0 Å². The predicted octanol–water partition coefficient (Wildman–Crippen LogP) is 1.77. The zero-order valence-electron chi connectivity index (χ0n) is 13.4. The van der Waals surface area contributed by atoms with E-state index in [9.17, 15) is 4.79 Å². The molecule has 1 aliphatic carbocycles. The fourth-order valence-electron chi connectivity index (χ4n) is 4.55. The van der Waals surface area contributed by atoms with E-state index in [0.717, 1.165) is 58.5 Å². The lowest BCUT2D eigenvalue weighted by atomic mass is 9.71. The molecule has 0 N–H and O–H groups in total. The highest BCUT2D eigenvalue weighted by molar-refractivity contribution is 5.79. The second kappa shape index (κ2) is 6.09. The van der Waals surface area contributed by atoms with Gasteiger partial charge in [-0.2, -0.15) is 0 Å². The molecule has 4 nitrogen and oxygen atoms in total. The minimum absolute atomic E-state index is 0.222. The smallest absolute Gasteiger partial charge is 0.226 e. The van der Waals surface area contributed by atoms with Gasteiger partial charge in [0.1, 0.15) is 0 Å². The molecule has 0 radical (unpaired) electrons. The molecule has 4 heteroatoms. The van der Waals surface area contributed by atoms with E-state index in [1.165, 1.54) is 0 Å². The molecule has 3 aliphatic rings. The van der Waals surface area contributed by atoms with Crippen molar-refractivity contribution in [2.45, 2.75) is 25.7 Å². The number of hydrogen-bond acceptors (Lipinski definition) is 3.